The molecule has 3 aliphatic heterocycles. The van der Waals surface area contributed by atoms with E-state index >= 15 is 0 Å². The Morgan fingerprint density at radius 3 is 2.88 bits per heavy atom. The van der Waals surface area contributed by atoms with Crippen molar-refractivity contribution in [2.75, 3.05) is 19.9 Å². The van der Waals surface area contributed by atoms with E-state index in [1.807, 2.05) is 0 Å². The van der Waals surface area contributed by atoms with Crippen molar-refractivity contribution in [3.05, 3.63) is 17.7 Å². The largest absolute Gasteiger partial charge is 0.454 e. The molecule has 6 heteroatoms. The minimum absolute atomic E-state index is 0.0907. The molecule has 0 unspecified atom stereocenters. The highest BCUT2D eigenvalue weighted by molar-refractivity contribution is 5.98. The summed E-state index contributed by atoms with van der Waals surface area (Å²) in [6.07, 6.45) is -0.602. The summed E-state index contributed by atoms with van der Waals surface area (Å²) in [7, 11) is 0. The molecule has 6 nitrogen and oxygen atoms in total. The summed E-state index contributed by atoms with van der Waals surface area (Å²) >= 11 is 0. The molecule has 1 saturated heterocycles. The van der Waals surface area contributed by atoms with Gasteiger partial charge < -0.3 is 18.9 Å². The molecule has 0 N–H and O–H groups in total. The predicted octanol–water partition coefficient (Wildman–Crippen LogP) is 0.564. The Bertz CT molecular complexity index is 515. The molecule has 4 rings (SSSR count). The van der Waals surface area contributed by atoms with Crippen LogP contribution in [0.2, 0.25) is 0 Å². The van der Waals surface area contributed by atoms with Crippen LogP contribution >= 0.6 is 0 Å². The van der Waals surface area contributed by atoms with Gasteiger partial charge in [-0.25, -0.2) is 0 Å². The second-order valence-corrected chi connectivity index (χ2v) is 4.00. The van der Waals surface area contributed by atoms with Gasteiger partial charge in [-0.05, 0) is 0 Å². The zero-order valence-electron chi connectivity index (χ0n) is 8.84. The van der Waals surface area contributed by atoms with E-state index in [9.17, 15) is 4.79 Å². The van der Waals surface area contributed by atoms with Crippen LogP contribution in [0.4, 0.5) is 0 Å². The van der Waals surface area contributed by atoms with Crippen molar-refractivity contribution in [1.82, 2.24) is 4.90 Å². The van der Waals surface area contributed by atoms with Gasteiger partial charge in [-0.15, -0.1) is 0 Å². The molecule has 1 atom stereocenters. The topological polar surface area (TPSA) is 57.2 Å². The van der Waals surface area contributed by atoms with Gasteiger partial charge in [0.1, 0.15) is 5.75 Å². The molecular weight excluding hydrogens is 226 g/mol. The fourth-order valence-corrected chi connectivity index (χ4v) is 2.19. The maximum absolute atomic E-state index is 12.2. The number of hydrogen-bond donors (Lipinski definition) is 0. The van der Waals surface area contributed by atoms with Gasteiger partial charge in [0.05, 0.1) is 18.7 Å². The van der Waals surface area contributed by atoms with Gasteiger partial charge in [0.2, 0.25) is 6.79 Å². The lowest BCUT2D eigenvalue weighted by Gasteiger charge is -2.29. The van der Waals surface area contributed by atoms with Crippen molar-refractivity contribution in [3.63, 3.8) is 0 Å². The standard InChI is InChI=1S/C11H9NO5/c13-10-6-3-8-9(16-5-15-8)4-7(6)17-11-12(10)1-2-14-11/h3-4,11H,1-2,5H2/t11-/m1/s1. The van der Waals surface area contributed by atoms with E-state index in [1.54, 1.807) is 17.0 Å². The fraction of sp³-hybridized carbons (Fsp3) is 0.364. The molecular formula is C11H9NO5. The first kappa shape index (κ1) is 9.12. The van der Waals surface area contributed by atoms with Crippen LogP contribution in [0.25, 0.3) is 0 Å². The SMILES string of the molecule is O=C1c2cc3c(cc2O[C@H]2OCCN12)OCO3. The van der Waals surface area contributed by atoms with Crippen molar-refractivity contribution in [2.45, 2.75) is 6.41 Å². The van der Waals surface area contributed by atoms with Crippen molar-refractivity contribution in [2.24, 2.45) is 0 Å². The predicted molar refractivity (Wildman–Crippen MR) is 54.0 cm³/mol. The number of fused-ring (bicyclic) bond motifs is 3. The van der Waals surface area contributed by atoms with Crippen LogP contribution in [-0.2, 0) is 4.74 Å². The summed E-state index contributed by atoms with van der Waals surface area (Å²) < 4.78 is 21.4. The van der Waals surface area contributed by atoms with Gasteiger partial charge in [-0.3, -0.25) is 9.69 Å². The summed E-state index contributed by atoms with van der Waals surface area (Å²) in [5.74, 6) is 1.58. The highest BCUT2D eigenvalue weighted by Crippen LogP contribution is 2.41. The summed E-state index contributed by atoms with van der Waals surface area (Å²) in [6.45, 7) is 1.23. The number of carbonyl (C=O) groups is 1. The van der Waals surface area contributed by atoms with Gasteiger partial charge in [0.15, 0.2) is 11.5 Å². The fourth-order valence-electron chi connectivity index (χ4n) is 2.19. The number of amides is 1. The molecule has 88 valence electrons. The number of nitrogens with zero attached hydrogens (tertiary/aromatic N) is 1. The summed E-state index contributed by atoms with van der Waals surface area (Å²) in [5.41, 5.74) is 0.496. The van der Waals surface area contributed by atoms with Gasteiger partial charge in [0.25, 0.3) is 12.3 Å². The minimum Gasteiger partial charge on any atom is -0.454 e. The molecule has 0 radical (unpaired) electrons. The van der Waals surface area contributed by atoms with Crippen LogP contribution in [0.3, 0.4) is 0 Å². The number of rotatable bonds is 0. The van der Waals surface area contributed by atoms with E-state index in [4.69, 9.17) is 18.9 Å². The highest BCUT2D eigenvalue weighted by Gasteiger charge is 2.39. The highest BCUT2D eigenvalue weighted by atomic mass is 16.7. The Morgan fingerprint density at radius 1 is 1.18 bits per heavy atom. The van der Waals surface area contributed by atoms with E-state index in [0.29, 0.717) is 36.0 Å². The molecule has 1 amide bonds. The third-order valence-electron chi connectivity index (χ3n) is 3.04. The first-order valence-electron chi connectivity index (χ1n) is 5.36. The molecule has 0 saturated carbocycles. The molecule has 1 fully saturated rings. The Morgan fingerprint density at radius 2 is 2.00 bits per heavy atom. The Kier molecular flexibility index (Phi) is 1.63. The van der Waals surface area contributed by atoms with E-state index < -0.39 is 6.41 Å². The van der Waals surface area contributed by atoms with Crippen molar-refractivity contribution in [1.29, 1.82) is 0 Å². The van der Waals surface area contributed by atoms with E-state index in [2.05, 4.69) is 0 Å². The molecule has 17 heavy (non-hydrogen) atoms. The third-order valence-corrected chi connectivity index (χ3v) is 3.04. The molecule has 3 aliphatic rings. The van der Waals surface area contributed by atoms with E-state index in [1.165, 1.54) is 0 Å². The molecule has 0 aromatic heterocycles. The van der Waals surface area contributed by atoms with Crippen LogP contribution < -0.4 is 14.2 Å². The normalized spacial score (nSPS) is 24.4. The average Bonchev–Trinajstić information content (AvgIpc) is 2.94. The van der Waals surface area contributed by atoms with Crippen LogP contribution in [-0.4, -0.2) is 37.2 Å². The monoisotopic (exact) mass is 235 g/mol. The lowest BCUT2D eigenvalue weighted by molar-refractivity contribution is -0.106. The maximum atomic E-state index is 12.2. The minimum atomic E-state index is -0.602. The Hall–Kier alpha value is -1.95. The van der Waals surface area contributed by atoms with Crippen LogP contribution in [0.5, 0.6) is 17.2 Å². The summed E-state index contributed by atoms with van der Waals surface area (Å²) in [6, 6.07) is 3.34. The second kappa shape index (κ2) is 3.04. The number of carbonyl (C=O) groups excluding carboxylic acids is 1. The zero-order chi connectivity index (χ0) is 11.4. The third kappa shape index (κ3) is 1.15. The van der Waals surface area contributed by atoms with Crippen LogP contribution in [0.15, 0.2) is 12.1 Å². The number of benzene rings is 1. The van der Waals surface area contributed by atoms with Gasteiger partial charge in [0, 0.05) is 12.1 Å². The van der Waals surface area contributed by atoms with Crippen molar-refractivity contribution >= 4 is 5.91 Å². The van der Waals surface area contributed by atoms with Gasteiger partial charge in [-0.1, -0.05) is 0 Å². The van der Waals surface area contributed by atoms with Crippen molar-refractivity contribution in [3.8, 4) is 17.2 Å². The zero-order valence-corrected chi connectivity index (χ0v) is 8.84. The van der Waals surface area contributed by atoms with Crippen LogP contribution in [0.1, 0.15) is 10.4 Å². The van der Waals surface area contributed by atoms with Gasteiger partial charge in [-0.2, -0.15) is 0 Å². The summed E-state index contributed by atoms with van der Waals surface area (Å²) in [4.78, 5) is 13.7. The number of ether oxygens (including phenoxy) is 4. The molecule has 0 spiro atoms. The van der Waals surface area contributed by atoms with E-state index in [0.717, 1.165) is 0 Å². The quantitative estimate of drug-likeness (QED) is 0.657. The molecule has 1 aromatic carbocycles. The first-order valence-corrected chi connectivity index (χ1v) is 5.36. The number of hydrogen-bond acceptors (Lipinski definition) is 5. The smallest absolute Gasteiger partial charge is 0.286 e. The first-order chi connectivity index (χ1) is 8.33. The Labute approximate surface area is 96.6 Å². The lowest BCUT2D eigenvalue weighted by Crippen LogP contribution is -2.43. The average molecular weight is 235 g/mol. The Balaban J connectivity index is 1.84. The van der Waals surface area contributed by atoms with Crippen molar-refractivity contribution < 1.29 is 23.7 Å². The van der Waals surface area contributed by atoms with E-state index in [-0.39, 0.29) is 12.7 Å². The van der Waals surface area contributed by atoms with Crippen LogP contribution in [0, 0.1) is 0 Å². The maximum Gasteiger partial charge on any atom is 0.286 e. The molecule has 0 bridgehead atoms. The molecule has 3 heterocycles. The lowest BCUT2D eigenvalue weighted by atomic mass is 10.1. The summed E-state index contributed by atoms with van der Waals surface area (Å²) in [5, 5.41) is 0. The molecule has 0 aliphatic carbocycles. The molecule has 1 aromatic rings. The second-order valence-electron chi connectivity index (χ2n) is 4.00. The van der Waals surface area contributed by atoms with Gasteiger partial charge >= 0.3 is 0 Å².